The summed E-state index contributed by atoms with van der Waals surface area (Å²) in [6.45, 7) is 0. The highest BCUT2D eigenvalue weighted by atomic mass is 32.2. The molecule has 0 N–H and O–H groups in total. The average molecular weight is 411 g/mol. The van der Waals surface area contributed by atoms with E-state index in [-0.39, 0.29) is 16.6 Å². The summed E-state index contributed by atoms with van der Waals surface area (Å²) in [7, 11) is -1.27. The van der Waals surface area contributed by atoms with Gasteiger partial charge in [0.2, 0.25) is 5.88 Å². The largest absolute Gasteiger partial charge is 0.497 e. The van der Waals surface area contributed by atoms with E-state index in [1.165, 1.54) is 32.7 Å². The van der Waals surface area contributed by atoms with Gasteiger partial charge in [-0.1, -0.05) is 12.1 Å². The van der Waals surface area contributed by atoms with Crippen molar-refractivity contribution < 1.29 is 22.7 Å². The summed E-state index contributed by atoms with van der Waals surface area (Å²) in [6.07, 6.45) is 2.90. The van der Waals surface area contributed by atoms with E-state index < -0.39 is 21.8 Å². The summed E-state index contributed by atoms with van der Waals surface area (Å²) in [5.41, 5.74) is 1.20. The minimum absolute atomic E-state index is 0.214. The minimum Gasteiger partial charge on any atom is -0.497 e. The van der Waals surface area contributed by atoms with Crippen LogP contribution in [0.1, 0.15) is 17.0 Å². The first kappa shape index (κ1) is 18.9. The number of pyridine rings is 2. The number of fused-ring (bicyclic) bond motifs is 1. The van der Waals surface area contributed by atoms with Crippen LogP contribution in [0, 0.1) is 0 Å². The number of hydrogen-bond acceptors (Lipinski definition) is 7. The van der Waals surface area contributed by atoms with Gasteiger partial charge in [-0.05, 0) is 42.0 Å². The first-order valence-electron chi connectivity index (χ1n) is 8.66. The van der Waals surface area contributed by atoms with Crippen LogP contribution in [-0.4, -0.2) is 38.5 Å². The van der Waals surface area contributed by atoms with E-state index >= 15 is 0 Å². The van der Waals surface area contributed by atoms with Crippen molar-refractivity contribution in [3.8, 4) is 11.6 Å². The molecule has 0 saturated carbocycles. The lowest BCUT2D eigenvalue weighted by molar-refractivity contribution is -0.117. The Balaban J connectivity index is 1.94. The quantitative estimate of drug-likeness (QED) is 0.635. The molecule has 0 spiro atoms. The summed E-state index contributed by atoms with van der Waals surface area (Å²) < 4.78 is 37.9. The maximum absolute atomic E-state index is 13.4. The Morgan fingerprint density at radius 1 is 0.931 bits per heavy atom. The van der Waals surface area contributed by atoms with Gasteiger partial charge in [-0.25, -0.2) is 14.3 Å². The molecule has 29 heavy (non-hydrogen) atoms. The van der Waals surface area contributed by atoms with E-state index in [4.69, 9.17) is 9.47 Å². The van der Waals surface area contributed by atoms with Crippen LogP contribution in [0.5, 0.6) is 11.6 Å². The van der Waals surface area contributed by atoms with Crippen LogP contribution in [-0.2, 0) is 14.8 Å². The number of sulfonamides is 1. The van der Waals surface area contributed by atoms with Gasteiger partial charge < -0.3 is 9.47 Å². The summed E-state index contributed by atoms with van der Waals surface area (Å²) in [6, 6.07) is 12.7. The number of aromatic nitrogens is 2. The number of anilines is 1. The molecule has 9 heteroatoms. The maximum atomic E-state index is 13.4. The fraction of sp³-hybridized carbons (Fsp3) is 0.150. The van der Waals surface area contributed by atoms with Crippen molar-refractivity contribution in [1.29, 1.82) is 0 Å². The van der Waals surface area contributed by atoms with E-state index in [2.05, 4.69) is 9.97 Å². The second-order valence-corrected chi connectivity index (χ2v) is 7.97. The standard InChI is InChI=1S/C20H17N3O5S/c1-27-13-8-9-16-15(12-13)18(14-6-5-11-22-19(14)28-2)20(24)23(16)29(25,26)17-7-3-4-10-21-17/h3-12,18H,1-2H3. The van der Waals surface area contributed by atoms with Gasteiger partial charge >= 0.3 is 0 Å². The first-order chi connectivity index (χ1) is 14.0. The highest BCUT2D eigenvalue weighted by molar-refractivity contribution is 7.93. The molecular formula is C20H17N3O5S. The molecule has 1 aliphatic rings. The Kier molecular flexibility index (Phi) is 4.67. The number of amides is 1. The molecule has 0 saturated heterocycles. The number of hydrogen-bond donors (Lipinski definition) is 0. The van der Waals surface area contributed by atoms with Crippen LogP contribution in [0.3, 0.4) is 0 Å². The lowest BCUT2D eigenvalue weighted by atomic mass is 9.93. The highest BCUT2D eigenvalue weighted by Gasteiger charge is 2.46. The summed E-state index contributed by atoms with van der Waals surface area (Å²) in [4.78, 5) is 21.5. The zero-order valence-corrected chi connectivity index (χ0v) is 16.5. The lowest BCUT2D eigenvalue weighted by Gasteiger charge is -2.18. The maximum Gasteiger partial charge on any atom is 0.288 e. The van der Waals surface area contributed by atoms with E-state index in [0.717, 1.165) is 4.31 Å². The second kappa shape index (κ2) is 7.17. The van der Waals surface area contributed by atoms with Crippen molar-refractivity contribution in [3.05, 3.63) is 72.1 Å². The molecule has 8 nitrogen and oxygen atoms in total. The molecule has 1 amide bonds. The van der Waals surface area contributed by atoms with Crippen LogP contribution in [0.15, 0.2) is 66.0 Å². The van der Waals surface area contributed by atoms with Crippen LogP contribution < -0.4 is 13.8 Å². The lowest BCUT2D eigenvalue weighted by Crippen LogP contribution is -2.35. The monoisotopic (exact) mass is 411 g/mol. The molecule has 4 rings (SSSR count). The SMILES string of the molecule is COc1ccc2c(c1)C(c1cccnc1OC)C(=O)N2S(=O)(=O)c1ccccn1. The van der Waals surface area contributed by atoms with Gasteiger partial charge in [0.1, 0.15) is 5.75 Å². The highest BCUT2D eigenvalue weighted by Crippen LogP contribution is 2.46. The third-order valence-electron chi connectivity index (χ3n) is 4.66. The van der Waals surface area contributed by atoms with E-state index in [0.29, 0.717) is 16.9 Å². The Bertz CT molecular complexity index is 1180. The summed E-state index contributed by atoms with van der Waals surface area (Å²) >= 11 is 0. The third-order valence-corrected chi connectivity index (χ3v) is 6.29. The van der Waals surface area contributed by atoms with E-state index in [1.807, 2.05) is 0 Å². The number of rotatable bonds is 5. The van der Waals surface area contributed by atoms with E-state index in [9.17, 15) is 13.2 Å². The van der Waals surface area contributed by atoms with Crippen LogP contribution in [0.4, 0.5) is 5.69 Å². The predicted octanol–water partition coefficient (Wildman–Crippen LogP) is 2.36. The van der Waals surface area contributed by atoms with Crippen molar-refractivity contribution in [3.63, 3.8) is 0 Å². The second-order valence-electron chi connectivity index (χ2n) is 6.24. The normalized spacial score (nSPS) is 15.9. The molecule has 1 aromatic carbocycles. The van der Waals surface area contributed by atoms with Gasteiger partial charge in [0.05, 0.1) is 25.8 Å². The molecule has 3 aromatic rings. The zero-order valence-electron chi connectivity index (χ0n) is 15.6. The number of benzene rings is 1. The van der Waals surface area contributed by atoms with Gasteiger partial charge in [-0.15, -0.1) is 0 Å². The molecule has 0 bridgehead atoms. The summed E-state index contributed by atoms with van der Waals surface area (Å²) in [5, 5.41) is -0.214. The van der Waals surface area contributed by atoms with Crippen LogP contribution in [0.2, 0.25) is 0 Å². The number of carbonyl (C=O) groups is 1. The van der Waals surface area contributed by atoms with Crippen molar-refractivity contribution in [2.45, 2.75) is 10.9 Å². The van der Waals surface area contributed by atoms with Gasteiger partial charge in [0.15, 0.2) is 5.03 Å². The fourth-order valence-electron chi connectivity index (χ4n) is 3.38. The Morgan fingerprint density at radius 2 is 1.72 bits per heavy atom. The Hall–Kier alpha value is -3.46. The number of ether oxygens (including phenoxy) is 2. The topological polar surface area (TPSA) is 98.7 Å². The molecule has 2 aromatic heterocycles. The number of nitrogens with zero attached hydrogens (tertiary/aromatic N) is 3. The molecule has 0 aliphatic carbocycles. The molecular weight excluding hydrogens is 394 g/mol. The Labute approximate surface area is 167 Å². The van der Waals surface area contributed by atoms with Gasteiger partial charge in [0.25, 0.3) is 15.9 Å². The van der Waals surface area contributed by atoms with Gasteiger partial charge in [-0.3, -0.25) is 4.79 Å². The van der Waals surface area contributed by atoms with Crippen LogP contribution in [0.25, 0.3) is 0 Å². The molecule has 1 unspecified atom stereocenters. The summed E-state index contributed by atoms with van der Waals surface area (Å²) in [5.74, 6) is -0.800. The fourth-order valence-corrected chi connectivity index (χ4v) is 4.78. The van der Waals surface area contributed by atoms with Gasteiger partial charge in [0, 0.05) is 18.0 Å². The third kappa shape index (κ3) is 2.99. The van der Waals surface area contributed by atoms with Crippen molar-refractivity contribution in [1.82, 2.24) is 9.97 Å². The molecule has 148 valence electrons. The zero-order chi connectivity index (χ0) is 20.6. The van der Waals surface area contributed by atoms with Crippen LogP contribution >= 0.6 is 0 Å². The average Bonchev–Trinajstić information content (AvgIpc) is 3.05. The van der Waals surface area contributed by atoms with Crippen molar-refractivity contribution in [2.24, 2.45) is 0 Å². The molecule has 1 aliphatic heterocycles. The molecule has 0 radical (unpaired) electrons. The van der Waals surface area contributed by atoms with Crippen molar-refractivity contribution >= 4 is 21.6 Å². The molecule has 0 fully saturated rings. The minimum atomic E-state index is -4.21. The van der Waals surface area contributed by atoms with E-state index in [1.54, 1.807) is 42.5 Å². The number of methoxy groups -OCH3 is 2. The number of carbonyl (C=O) groups excluding carboxylic acids is 1. The molecule has 1 atom stereocenters. The Morgan fingerprint density at radius 3 is 2.41 bits per heavy atom. The smallest absolute Gasteiger partial charge is 0.288 e. The molecule has 3 heterocycles. The van der Waals surface area contributed by atoms with Crippen molar-refractivity contribution in [2.75, 3.05) is 18.5 Å². The predicted molar refractivity (Wildman–Crippen MR) is 105 cm³/mol. The van der Waals surface area contributed by atoms with Gasteiger partial charge in [-0.2, -0.15) is 8.42 Å². The first-order valence-corrected chi connectivity index (χ1v) is 10.1.